The van der Waals surface area contributed by atoms with Gasteiger partial charge in [-0.3, -0.25) is 14.6 Å². The van der Waals surface area contributed by atoms with Crippen LogP contribution in [0.1, 0.15) is 35.1 Å². The van der Waals surface area contributed by atoms with Crippen molar-refractivity contribution in [3.8, 4) is 0 Å². The molecule has 0 saturated heterocycles. The van der Waals surface area contributed by atoms with E-state index in [1.54, 1.807) is 31.2 Å². The van der Waals surface area contributed by atoms with Crippen LogP contribution in [0, 0.1) is 0 Å². The van der Waals surface area contributed by atoms with Crippen molar-refractivity contribution >= 4 is 27.3 Å². The van der Waals surface area contributed by atoms with Gasteiger partial charge < -0.3 is 10.6 Å². The van der Waals surface area contributed by atoms with Crippen molar-refractivity contribution in [3.05, 3.63) is 41.2 Å². The van der Waals surface area contributed by atoms with E-state index in [0.29, 0.717) is 30.0 Å². The van der Waals surface area contributed by atoms with E-state index in [1.165, 1.54) is 0 Å². The number of anilines is 2. The molecule has 1 aromatic heterocycles. The molecule has 0 unspecified atom stereocenters. The van der Waals surface area contributed by atoms with Crippen LogP contribution >= 0.6 is 0 Å². The average Bonchev–Trinajstić information content (AvgIpc) is 2.98. The topological polar surface area (TPSA) is 116 Å². The molecule has 4 N–H and O–H groups in total. The highest BCUT2D eigenvalue weighted by Gasteiger charge is 2.21. The smallest absolute Gasteiger partial charge is 0.276 e. The molecule has 8 nitrogen and oxygen atoms in total. The second kappa shape index (κ2) is 7.24. The minimum absolute atomic E-state index is 0.0516. The first kappa shape index (κ1) is 17.4. The molecule has 0 aliphatic carbocycles. The third-order valence-electron chi connectivity index (χ3n) is 3.89. The van der Waals surface area contributed by atoms with Gasteiger partial charge in [-0.15, -0.1) is 0 Å². The third kappa shape index (κ3) is 4.18. The predicted octanol–water partition coefficient (Wildman–Crippen LogP) is 1.46. The van der Waals surface area contributed by atoms with Crippen LogP contribution in [0.25, 0.3) is 0 Å². The molecule has 1 aliphatic rings. The zero-order chi connectivity index (χ0) is 17.9. The van der Waals surface area contributed by atoms with Crippen molar-refractivity contribution in [1.82, 2.24) is 15.5 Å². The van der Waals surface area contributed by atoms with E-state index in [1.807, 2.05) is 0 Å². The zero-order valence-electron chi connectivity index (χ0n) is 13.9. The van der Waals surface area contributed by atoms with E-state index in [2.05, 4.69) is 25.6 Å². The third-order valence-corrected chi connectivity index (χ3v) is 5.38. The van der Waals surface area contributed by atoms with Crippen LogP contribution in [-0.4, -0.2) is 36.8 Å². The summed E-state index contributed by atoms with van der Waals surface area (Å²) in [6, 6.07) is 6.61. The average molecular weight is 363 g/mol. The van der Waals surface area contributed by atoms with Gasteiger partial charge in [-0.05, 0) is 24.6 Å². The normalized spacial score (nSPS) is 14.0. The lowest BCUT2D eigenvalue weighted by molar-refractivity contribution is 0.102. The summed E-state index contributed by atoms with van der Waals surface area (Å²) in [5.41, 5.74) is 3.13. The summed E-state index contributed by atoms with van der Waals surface area (Å²) in [5, 5.41) is 13.0. The molecule has 3 rings (SSSR count). The largest absolute Gasteiger partial charge is 0.321 e. The lowest BCUT2D eigenvalue weighted by atomic mass is 10.1. The van der Waals surface area contributed by atoms with Gasteiger partial charge in [0.15, 0.2) is 5.69 Å². The lowest BCUT2D eigenvalue weighted by Crippen LogP contribution is -2.25. The quantitative estimate of drug-likeness (QED) is 0.620. The Morgan fingerprint density at radius 2 is 2.12 bits per heavy atom. The maximum Gasteiger partial charge on any atom is 0.276 e. The number of carbonyl (C=O) groups excluding carboxylic acids is 1. The number of carbonyl (C=O) groups is 1. The minimum Gasteiger partial charge on any atom is -0.321 e. The van der Waals surface area contributed by atoms with Gasteiger partial charge in [0.25, 0.3) is 5.91 Å². The second-order valence-electron chi connectivity index (χ2n) is 5.91. The summed E-state index contributed by atoms with van der Waals surface area (Å²) in [7, 11) is -3.37. The zero-order valence-corrected chi connectivity index (χ0v) is 14.7. The van der Waals surface area contributed by atoms with Crippen LogP contribution in [0.3, 0.4) is 0 Å². The highest BCUT2D eigenvalue weighted by atomic mass is 32.2. The first-order valence-electron chi connectivity index (χ1n) is 8.17. The molecule has 0 radical (unpaired) electrons. The van der Waals surface area contributed by atoms with Crippen molar-refractivity contribution < 1.29 is 13.2 Å². The maximum atomic E-state index is 12.5. The van der Waals surface area contributed by atoms with Gasteiger partial charge in [-0.25, -0.2) is 8.42 Å². The molecule has 1 aromatic carbocycles. The van der Waals surface area contributed by atoms with E-state index in [9.17, 15) is 13.2 Å². The van der Waals surface area contributed by atoms with Crippen molar-refractivity contribution in [3.63, 3.8) is 0 Å². The van der Waals surface area contributed by atoms with E-state index in [-0.39, 0.29) is 11.7 Å². The number of aromatic amines is 1. The number of nitrogens with zero attached hydrogens (tertiary/aromatic N) is 1. The van der Waals surface area contributed by atoms with E-state index >= 15 is 0 Å². The fourth-order valence-corrected chi connectivity index (χ4v) is 3.89. The first-order valence-corrected chi connectivity index (χ1v) is 9.82. The summed E-state index contributed by atoms with van der Waals surface area (Å²) >= 11 is 0. The summed E-state index contributed by atoms with van der Waals surface area (Å²) < 4.78 is 26.2. The molecule has 2 heterocycles. The van der Waals surface area contributed by atoms with Gasteiger partial charge in [-0.2, -0.15) is 5.10 Å². The van der Waals surface area contributed by atoms with Crippen LogP contribution in [0.15, 0.2) is 24.3 Å². The SMILES string of the molecule is CCCS(=O)(=O)Nc1cccc(NC(=O)c2n[nH]c3c2CNCC3)c1. The Kier molecular flexibility index (Phi) is 5.05. The van der Waals surface area contributed by atoms with Gasteiger partial charge in [0.2, 0.25) is 10.0 Å². The number of benzene rings is 1. The van der Waals surface area contributed by atoms with Crippen LogP contribution in [-0.2, 0) is 23.0 Å². The first-order chi connectivity index (χ1) is 12.0. The molecule has 9 heteroatoms. The predicted molar refractivity (Wildman–Crippen MR) is 96.1 cm³/mol. The molecular weight excluding hydrogens is 342 g/mol. The molecule has 0 saturated carbocycles. The Morgan fingerprint density at radius 1 is 1.32 bits per heavy atom. The number of fused-ring (bicyclic) bond motifs is 1. The molecular formula is C16H21N5O3S. The molecule has 2 aromatic rings. The van der Waals surface area contributed by atoms with Gasteiger partial charge in [0.1, 0.15) is 0 Å². The summed E-state index contributed by atoms with van der Waals surface area (Å²) in [5.74, 6) is -0.273. The maximum absolute atomic E-state index is 12.5. The molecule has 134 valence electrons. The highest BCUT2D eigenvalue weighted by Crippen LogP contribution is 2.20. The number of aromatic nitrogens is 2. The van der Waals surface area contributed by atoms with Crippen molar-refractivity contribution in [2.75, 3.05) is 22.3 Å². The van der Waals surface area contributed by atoms with E-state index in [4.69, 9.17) is 0 Å². The van der Waals surface area contributed by atoms with E-state index in [0.717, 1.165) is 24.2 Å². The van der Waals surface area contributed by atoms with Crippen LogP contribution < -0.4 is 15.4 Å². The van der Waals surface area contributed by atoms with Crippen molar-refractivity contribution in [2.45, 2.75) is 26.3 Å². The standard InChI is InChI=1S/C16H21N5O3S/c1-2-8-25(23,24)21-12-5-3-4-11(9-12)18-16(22)15-13-10-17-7-6-14(13)19-20-15/h3-5,9,17,21H,2,6-8,10H2,1H3,(H,18,22)(H,19,20). The number of hydrogen-bond acceptors (Lipinski definition) is 5. The molecule has 1 amide bonds. The number of sulfonamides is 1. The molecule has 0 spiro atoms. The summed E-state index contributed by atoms with van der Waals surface area (Å²) in [6.07, 6.45) is 1.34. The van der Waals surface area contributed by atoms with Gasteiger partial charge in [0.05, 0.1) is 11.4 Å². The number of rotatable bonds is 6. The molecule has 0 bridgehead atoms. The fourth-order valence-electron chi connectivity index (χ4n) is 2.76. The summed E-state index contributed by atoms with van der Waals surface area (Å²) in [6.45, 7) is 3.26. The Morgan fingerprint density at radius 3 is 2.92 bits per heavy atom. The van der Waals surface area contributed by atoms with Gasteiger partial charge >= 0.3 is 0 Å². The monoisotopic (exact) mass is 363 g/mol. The molecule has 0 atom stereocenters. The van der Waals surface area contributed by atoms with Crippen LogP contribution in [0.5, 0.6) is 0 Å². The van der Waals surface area contributed by atoms with E-state index < -0.39 is 10.0 Å². The molecule has 0 fully saturated rings. The number of amides is 1. The Labute approximate surface area is 146 Å². The number of hydrogen-bond donors (Lipinski definition) is 4. The van der Waals surface area contributed by atoms with Crippen molar-refractivity contribution in [1.29, 1.82) is 0 Å². The Balaban J connectivity index is 1.74. The number of H-pyrrole nitrogens is 1. The van der Waals surface area contributed by atoms with Crippen molar-refractivity contribution in [2.24, 2.45) is 0 Å². The number of nitrogens with one attached hydrogen (secondary N) is 4. The summed E-state index contributed by atoms with van der Waals surface area (Å²) in [4.78, 5) is 12.5. The Hall–Kier alpha value is -2.39. The fraction of sp³-hybridized carbons (Fsp3) is 0.375. The highest BCUT2D eigenvalue weighted by molar-refractivity contribution is 7.92. The second-order valence-corrected chi connectivity index (χ2v) is 7.75. The lowest BCUT2D eigenvalue weighted by Gasteiger charge is -2.13. The molecule has 25 heavy (non-hydrogen) atoms. The Bertz CT molecular complexity index is 876. The van der Waals surface area contributed by atoms with Gasteiger partial charge in [0, 0.05) is 36.5 Å². The van der Waals surface area contributed by atoms with Gasteiger partial charge in [-0.1, -0.05) is 13.0 Å². The molecule has 1 aliphatic heterocycles. The van der Waals surface area contributed by atoms with Crippen LogP contribution in [0.2, 0.25) is 0 Å². The minimum atomic E-state index is -3.37. The van der Waals surface area contributed by atoms with Crippen LogP contribution in [0.4, 0.5) is 11.4 Å².